The zero-order chi connectivity index (χ0) is 23.5. The fourth-order valence-corrected chi connectivity index (χ4v) is 5.02. The van der Waals surface area contributed by atoms with Crippen LogP contribution in [0.25, 0.3) is 17.0 Å². The molecule has 9 nitrogen and oxygen atoms in total. The molecule has 3 aromatic heterocycles. The molecule has 0 radical (unpaired) electrons. The van der Waals surface area contributed by atoms with Crippen molar-refractivity contribution in [3.63, 3.8) is 0 Å². The normalized spacial score (nSPS) is 25.4. The van der Waals surface area contributed by atoms with Gasteiger partial charge in [-0.1, -0.05) is 20.8 Å². The summed E-state index contributed by atoms with van der Waals surface area (Å²) >= 11 is 0. The molecule has 3 atom stereocenters. The highest BCUT2D eigenvalue weighted by Gasteiger charge is 2.49. The van der Waals surface area contributed by atoms with Gasteiger partial charge in [0.2, 0.25) is 11.8 Å². The summed E-state index contributed by atoms with van der Waals surface area (Å²) in [7, 11) is 0. The van der Waals surface area contributed by atoms with Gasteiger partial charge in [0.15, 0.2) is 0 Å². The predicted octanol–water partition coefficient (Wildman–Crippen LogP) is 3.39. The lowest BCUT2D eigenvalue weighted by Gasteiger charge is -2.39. The standard InChI is InChI=1S/C24H33N7O2/c1-13(14-5-6-14)9-19-29-30-22(33-19)15-10-17-20(16(21(25)32)11-27-31(17)12-15)28-18-7-8-24(4,26)23(18,2)3/h10-14,18,28H,5-9,26H2,1-4H3,(H2,25,32)/t13?,18-,24+/m1/s1. The first-order valence-corrected chi connectivity index (χ1v) is 11.8. The number of nitrogens with two attached hydrogens (primary N) is 2. The molecule has 0 bridgehead atoms. The van der Waals surface area contributed by atoms with Crippen molar-refractivity contribution in [2.24, 2.45) is 28.7 Å². The predicted molar refractivity (Wildman–Crippen MR) is 126 cm³/mol. The molecule has 0 spiro atoms. The Morgan fingerprint density at radius 3 is 2.70 bits per heavy atom. The number of aromatic nitrogens is 4. The van der Waals surface area contributed by atoms with E-state index in [1.807, 2.05) is 12.3 Å². The summed E-state index contributed by atoms with van der Waals surface area (Å²) in [5, 5.41) is 16.5. The number of rotatable bonds is 7. The first-order chi connectivity index (χ1) is 15.6. The van der Waals surface area contributed by atoms with Crippen LogP contribution >= 0.6 is 0 Å². The van der Waals surface area contributed by atoms with Crippen molar-refractivity contribution in [3.8, 4) is 11.5 Å². The monoisotopic (exact) mass is 451 g/mol. The van der Waals surface area contributed by atoms with Crippen molar-refractivity contribution < 1.29 is 9.21 Å². The van der Waals surface area contributed by atoms with Gasteiger partial charge >= 0.3 is 0 Å². The van der Waals surface area contributed by atoms with Gasteiger partial charge in [0.05, 0.1) is 28.5 Å². The Morgan fingerprint density at radius 1 is 1.30 bits per heavy atom. The highest BCUT2D eigenvalue weighted by Crippen LogP contribution is 2.46. The third kappa shape index (κ3) is 3.78. The molecule has 2 fully saturated rings. The van der Waals surface area contributed by atoms with E-state index in [-0.39, 0.29) is 17.0 Å². The van der Waals surface area contributed by atoms with Gasteiger partial charge < -0.3 is 21.2 Å². The molecule has 2 saturated carbocycles. The van der Waals surface area contributed by atoms with Gasteiger partial charge in [-0.25, -0.2) is 4.52 Å². The summed E-state index contributed by atoms with van der Waals surface area (Å²) in [6.07, 6.45) is 8.49. The van der Waals surface area contributed by atoms with E-state index in [4.69, 9.17) is 15.9 Å². The molecule has 0 aliphatic heterocycles. The number of nitrogens with zero attached hydrogens (tertiary/aromatic N) is 4. The molecule has 33 heavy (non-hydrogen) atoms. The molecule has 3 heterocycles. The number of primary amides is 1. The minimum absolute atomic E-state index is 0.0778. The fraction of sp³-hybridized carbons (Fsp3) is 0.583. The van der Waals surface area contributed by atoms with Gasteiger partial charge in [-0.05, 0) is 50.5 Å². The number of nitrogens with one attached hydrogen (secondary N) is 1. The Morgan fingerprint density at radius 2 is 2.06 bits per heavy atom. The Labute approximate surface area is 193 Å². The summed E-state index contributed by atoms with van der Waals surface area (Å²) < 4.78 is 7.68. The van der Waals surface area contributed by atoms with Crippen LogP contribution in [0, 0.1) is 17.3 Å². The Hall–Kier alpha value is -2.94. The SMILES string of the molecule is CC(Cc1nnc(-c2cc3c(N[C@@H]4CC[C@](C)(N)C4(C)C)c(C(N)=O)cnn3c2)o1)C1CC1. The maximum absolute atomic E-state index is 12.2. The van der Waals surface area contributed by atoms with E-state index in [2.05, 4.69) is 48.3 Å². The van der Waals surface area contributed by atoms with Crippen LogP contribution in [0.15, 0.2) is 22.9 Å². The van der Waals surface area contributed by atoms with Crippen molar-refractivity contribution in [1.82, 2.24) is 19.8 Å². The van der Waals surface area contributed by atoms with E-state index in [9.17, 15) is 4.79 Å². The molecule has 1 unspecified atom stereocenters. The second kappa shape index (κ2) is 7.55. The molecular formula is C24H33N7O2. The van der Waals surface area contributed by atoms with E-state index < -0.39 is 5.91 Å². The molecular weight excluding hydrogens is 418 g/mol. The molecule has 0 saturated heterocycles. The zero-order valence-electron chi connectivity index (χ0n) is 19.8. The topological polar surface area (TPSA) is 137 Å². The quantitative estimate of drug-likeness (QED) is 0.500. The summed E-state index contributed by atoms with van der Waals surface area (Å²) in [6.45, 7) is 8.63. The number of carbonyl (C=O) groups is 1. The van der Waals surface area contributed by atoms with Crippen LogP contribution in [0.2, 0.25) is 0 Å². The van der Waals surface area contributed by atoms with Gasteiger partial charge in [0.25, 0.3) is 5.91 Å². The number of amides is 1. The molecule has 1 amide bonds. The number of anilines is 1. The highest BCUT2D eigenvalue weighted by atomic mass is 16.4. The smallest absolute Gasteiger partial charge is 0.252 e. The Kier molecular flexibility index (Phi) is 5.00. The number of fused-ring (bicyclic) bond motifs is 1. The molecule has 176 valence electrons. The molecule has 2 aliphatic rings. The number of carbonyl (C=O) groups excluding carboxylic acids is 1. The lowest BCUT2D eigenvalue weighted by atomic mass is 9.75. The molecule has 3 aromatic rings. The fourth-order valence-electron chi connectivity index (χ4n) is 5.02. The Balaban J connectivity index is 1.49. The van der Waals surface area contributed by atoms with E-state index in [1.54, 1.807) is 4.52 Å². The van der Waals surface area contributed by atoms with Crippen LogP contribution < -0.4 is 16.8 Å². The second-order valence-electron chi connectivity index (χ2n) is 10.8. The van der Waals surface area contributed by atoms with E-state index in [0.717, 1.165) is 36.3 Å². The van der Waals surface area contributed by atoms with Crippen LogP contribution in [-0.2, 0) is 6.42 Å². The second-order valence-corrected chi connectivity index (χ2v) is 10.8. The van der Waals surface area contributed by atoms with Crippen molar-refractivity contribution in [3.05, 3.63) is 29.9 Å². The molecule has 0 aromatic carbocycles. The van der Waals surface area contributed by atoms with Gasteiger partial charge in [-0.2, -0.15) is 5.10 Å². The minimum atomic E-state index is -0.532. The molecule has 5 rings (SSSR count). The van der Waals surface area contributed by atoms with Crippen LogP contribution in [-0.4, -0.2) is 37.3 Å². The van der Waals surface area contributed by atoms with Crippen LogP contribution in [0.5, 0.6) is 0 Å². The molecule has 2 aliphatic carbocycles. The van der Waals surface area contributed by atoms with E-state index in [1.165, 1.54) is 19.0 Å². The average Bonchev–Trinajstić information content (AvgIpc) is 3.28. The summed E-state index contributed by atoms with van der Waals surface area (Å²) in [5.41, 5.74) is 14.3. The van der Waals surface area contributed by atoms with Crippen LogP contribution in [0.4, 0.5) is 5.69 Å². The van der Waals surface area contributed by atoms with Gasteiger partial charge in [-0.3, -0.25) is 4.79 Å². The summed E-state index contributed by atoms with van der Waals surface area (Å²) in [5.74, 6) is 1.89. The van der Waals surface area contributed by atoms with Gasteiger partial charge in [0.1, 0.15) is 0 Å². The van der Waals surface area contributed by atoms with Gasteiger partial charge in [0, 0.05) is 29.6 Å². The number of hydrogen-bond acceptors (Lipinski definition) is 7. The summed E-state index contributed by atoms with van der Waals surface area (Å²) in [4.78, 5) is 12.2. The Bertz CT molecular complexity index is 1200. The minimum Gasteiger partial charge on any atom is -0.421 e. The van der Waals surface area contributed by atoms with Crippen molar-refractivity contribution in [1.29, 1.82) is 0 Å². The zero-order valence-corrected chi connectivity index (χ0v) is 19.8. The third-order valence-electron chi connectivity index (χ3n) is 8.15. The van der Waals surface area contributed by atoms with Gasteiger partial charge in [-0.15, -0.1) is 10.2 Å². The maximum atomic E-state index is 12.2. The average molecular weight is 452 g/mol. The van der Waals surface area contributed by atoms with Crippen molar-refractivity contribution in [2.45, 2.75) is 71.4 Å². The largest absolute Gasteiger partial charge is 0.421 e. The maximum Gasteiger partial charge on any atom is 0.252 e. The lowest BCUT2D eigenvalue weighted by molar-refractivity contribution is 0.100. The van der Waals surface area contributed by atoms with Crippen molar-refractivity contribution in [2.75, 3.05) is 5.32 Å². The van der Waals surface area contributed by atoms with E-state index >= 15 is 0 Å². The molecule has 5 N–H and O–H groups in total. The third-order valence-corrected chi connectivity index (χ3v) is 8.15. The number of hydrogen-bond donors (Lipinski definition) is 3. The summed E-state index contributed by atoms with van der Waals surface area (Å²) in [6, 6.07) is 1.99. The highest BCUT2D eigenvalue weighted by molar-refractivity contribution is 6.02. The van der Waals surface area contributed by atoms with E-state index in [0.29, 0.717) is 29.0 Å². The van der Waals surface area contributed by atoms with Crippen LogP contribution in [0.1, 0.15) is 69.6 Å². The van der Waals surface area contributed by atoms with Crippen LogP contribution in [0.3, 0.4) is 0 Å². The van der Waals surface area contributed by atoms with Crippen molar-refractivity contribution >= 4 is 17.1 Å². The lowest BCUT2D eigenvalue weighted by Crippen LogP contribution is -2.51. The first-order valence-electron chi connectivity index (χ1n) is 11.8. The first kappa shape index (κ1) is 21.9. The molecule has 9 heteroatoms.